The van der Waals surface area contributed by atoms with Gasteiger partial charge in [0.25, 0.3) is 5.56 Å². The normalized spacial score (nSPS) is 19.3. The Labute approximate surface area is 313 Å². The molecule has 0 saturated carbocycles. The van der Waals surface area contributed by atoms with Gasteiger partial charge in [-0.25, -0.2) is 0 Å². The molecule has 7 rings (SSSR count). The van der Waals surface area contributed by atoms with Gasteiger partial charge in [0.1, 0.15) is 17.3 Å². The summed E-state index contributed by atoms with van der Waals surface area (Å²) in [5, 5.41) is 12.7. The molecule has 13 nitrogen and oxygen atoms in total. The average molecular weight is 769 g/mol. The average Bonchev–Trinajstić information content (AvgIpc) is 3.63. The van der Waals surface area contributed by atoms with Crippen molar-refractivity contribution in [3.05, 3.63) is 75.3 Å². The number of alkyl halides is 3. The molecule has 0 radical (unpaired) electrons. The van der Waals surface area contributed by atoms with Crippen LogP contribution in [-0.2, 0) is 28.0 Å². The lowest BCUT2D eigenvalue weighted by atomic mass is 9.89. The van der Waals surface area contributed by atoms with Gasteiger partial charge in [0.2, 0.25) is 17.7 Å². The molecule has 1 unspecified atom stereocenters. The van der Waals surface area contributed by atoms with E-state index in [9.17, 15) is 32.3 Å². The Kier molecular flexibility index (Phi) is 10.7. The number of H-pyrrole nitrogens is 1. The van der Waals surface area contributed by atoms with Crippen LogP contribution in [-0.4, -0.2) is 105 Å². The number of likely N-dealkylation sites (tertiary alicyclic amines) is 1. The quantitative estimate of drug-likeness (QED) is 0.213. The number of fused-ring (bicyclic) bond motifs is 1. The fraction of sp³-hybridized carbons (Fsp3) is 0.432. The number of aryl methyl sites for hydroxylation is 1. The van der Waals surface area contributed by atoms with Gasteiger partial charge in [-0.2, -0.15) is 5.10 Å². The zero-order chi connectivity index (χ0) is 38.1. The van der Waals surface area contributed by atoms with E-state index in [0.717, 1.165) is 31.6 Å². The molecule has 2 aromatic heterocycles. The van der Waals surface area contributed by atoms with E-state index in [4.69, 9.17) is 11.6 Å². The molecule has 3 N–H and O–H groups in total. The minimum atomic E-state index is -4.97. The predicted molar refractivity (Wildman–Crippen MR) is 195 cm³/mol. The number of imide groups is 1. The lowest BCUT2D eigenvalue weighted by Gasteiger charge is -2.37. The number of pyridine rings is 1. The number of halogens is 4. The molecule has 3 aliphatic heterocycles. The summed E-state index contributed by atoms with van der Waals surface area (Å²) in [6.45, 7) is 3.68. The number of hydrogen-bond acceptors (Lipinski definition) is 9. The maximum Gasteiger partial charge on any atom is 0.573 e. The number of aromatic nitrogens is 3. The number of anilines is 1. The van der Waals surface area contributed by atoms with Crippen LogP contribution < -0.4 is 20.9 Å². The minimum absolute atomic E-state index is 0.0169. The highest BCUT2D eigenvalue weighted by Gasteiger charge is 2.34. The Balaban J connectivity index is 0.919. The Morgan fingerprint density at radius 2 is 1.72 bits per heavy atom. The third-order valence-electron chi connectivity index (χ3n) is 10.5. The number of benzene rings is 2. The third kappa shape index (κ3) is 8.40. The predicted octanol–water partition coefficient (Wildman–Crippen LogP) is 4.22. The van der Waals surface area contributed by atoms with Crippen molar-refractivity contribution >= 4 is 45.9 Å². The van der Waals surface area contributed by atoms with Gasteiger partial charge in [0, 0.05) is 79.6 Å². The fourth-order valence-electron chi connectivity index (χ4n) is 7.50. The number of carbonyl (C=O) groups is 3. The number of piperazine rings is 1. The number of nitrogens with zero attached hydrogens (tertiary/aromatic N) is 5. The van der Waals surface area contributed by atoms with Crippen molar-refractivity contribution in [2.75, 3.05) is 51.1 Å². The number of carbonyl (C=O) groups excluding carboxylic acids is 3. The highest BCUT2D eigenvalue weighted by Crippen LogP contribution is 2.39. The van der Waals surface area contributed by atoms with Crippen LogP contribution in [0.25, 0.3) is 22.0 Å². The highest BCUT2D eigenvalue weighted by molar-refractivity contribution is 6.32. The Morgan fingerprint density at radius 3 is 2.41 bits per heavy atom. The molecule has 0 spiro atoms. The number of aromatic amines is 1. The number of rotatable bonds is 9. The van der Waals surface area contributed by atoms with Crippen LogP contribution in [0.4, 0.5) is 18.9 Å². The molecular formula is C37H40ClF3N8O5. The van der Waals surface area contributed by atoms with Crippen LogP contribution >= 0.6 is 11.6 Å². The summed E-state index contributed by atoms with van der Waals surface area (Å²) in [4.78, 5) is 55.2. The SMILES string of the molecule is Cn1cc(-c2cc(Cl)c(CN3CCN(C(=O)CN4CCC(c5ccc(NC6CCC(=O)NC6=O)cc5)CC4)CC3)c(OC(F)(F)F)c2)c2cn[nH]c2c1=O. The number of ether oxygens (including phenoxy) is 1. The summed E-state index contributed by atoms with van der Waals surface area (Å²) in [5.74, 6) is -0.621. The van der Waals surface area contributed by atoms with E-state index in [-0.39, 0.29) is 45.9 Å². The van der Waals surface area contributed by atoms with Gasteiger partial charge in [-0.3, -0.25) is 39.4 Å². The van der Waals surface area contributed by atoms with E-state index in [0.29, 0.717) is 68.0 Å². The van der Waals surface area contributed by atoms with Crippen molar-refractivity contribution in [2.45, 2.75) is 50.6 Å². The summed E-state index contributed by atoms with van der Waals surface area (Å²) in [6, 6.07) is 10.4. The van der Waals surface area contributed by atoms with Crippen LogP contribution in [0.1, 0.15) is 42.7 Å². The lowest BCUT2D eigenvalue weighted by Crippen LogP contribution is -2.51. The van der Waals surface area contributed by atoms with E-state index in [1.165, 1.54) is 35.6 Å². The first-order valence-corrected chi connectivity index (χ1v) is 18.2. The van der Waals surface area contributed by atoms with Crippen molar-refractivity contribution < 1.29 is 32.3 Å². The molecule has 17 heteroatoms. The molecule has 5 heterocycles. The molecular weight excluding hydrogens is 729 g/mol. The number of piperidine rings is 2. The smallest absolute Gasteiger partial charge is 0.405 e. The molecule has 3 fully saturated rings. The molecule has 3 amide bonds. The third-order valence-corrected chi connectivity index (χ3v) is 10.8. The van der Waals surface area contributed by atoms with Gasteiger partial charge < -0.3 is 19.5 Å². The van der Waals surface area contributed by atoms with E-state index < -0.39 is 18.2 Å². The van der Waals surface area contributed by atoms with E-state index in [2.05, 4.69) is 42.6 Å². The Morgan fingerprint density at radius 1 is 1.00 bits per heavy atom. The number of amides is 3. The Bertz CT molecular complexity index is 2110. The van der Waals surface area contributed by atoms with Gasteiger partial charge in [-0.15, -0.1) is 13.2 Å². The fourth-order valence-corrected chi connectivity index (χ4v) is 7.77. The van der Waals surface area contributed by atoms with Crippen LogP contribution in [0.2, 0.25) is 5.02 Å². The summed E-state index contributed by atoms with van der Waals surface area (Å²) in [5.41, 5.74) is 2.89. The molecule has 3 saturated heterocycles. The summed E-state index contributed by atoms with van der Waals surface area (Å²) in [7, 11) is 1.54. The molecule has 1 atom stereocenters. The molecule has 286 valence electrons. The van der Waals surface area contributed by atoms with Gasteiger partial charge in [0.15, 0.2) is 0 Å². The van der Waals surface area contributed by atoms with E-state index in [1.807, 2.05) is 17.0 Å². The van der Waals surface area contributed by atoms with Gasteiger partial charge in [-0.05, 0) is 73.7 Å². The first-order valence-electron chi connectivity index (χ1n) is 17.8. The first kappa shape index (κ1) is 37.4. The maximum absolute atomic E-state index is 13.6. The Hall–Kier alpha value is -4.93. The van der Waals surface area contributed by atoms with Crippen LogP contribution in [0, 0.1) is 0 Å². The topological polar surface area (TPSA) is 145 Å². The zero-order valence-corrected chi connectivity index (χ0v) is 30.3. The van der Waals surface area contributed by atoms with Crippen molar-refractivity contribution in [2.24, 2.45) is 7.05 Å². The van der Waals surface area contributed by atoms with Crippen molar-refractivity contribution in [1.29, 1.82) is 0 Å². The molecule has 0 bridgehead atoms. The van der Waals surface area contributed by atoms with Gasteiger partial charge in [-0.1, -0.05) is 23.7 Å². The molecule has 3 aliphatic rings. The second-order valence-corrected chi connectivity index (χ2v) is 14.5. The van der Waals surface area contributed by atoms with Crippen molar-refractivity contribution in [3.8, 4) is 16.9 Å². The van der Waals surface area contributed by atoms with Crippen molar-refractivity contribution in [3.63, 3.8) is 0 Å². The lowest BCUT2D eigenvalue weighted by molar-refractivity contribution is -0.275. The van der Waals surface area contributed by atoms with Crippen LogP contribution in [0.3, 0.4) is 0 Å². The molecule has 54 heavy (non-hydrogen) atoms. The number of nitrogens with one attached hydrogen (secondary N) is 3. The van der Waals surface area contributed by atoms with Crippen LogP contribution in [0.15, 0.2) is 53.6 Å². The summed E-state index contributed by atoms with van der Waals surface area (Å²) < 4.78 is 46.7. The van der Waals surface area contributed by atoms with E-state index >= 15 is 0 Å². The largest absolute Gasteiger partial charge is 0.573 e. The van der Waals surface area contributed by atoms with Crippen LogP contribution in [0.5, 0.6) is 5.75 Å². The molecule has 4 aromatic rings. The van der Waals surface area contributed by atoms with Crippen molar-refractivity contribution in [1.82, 2.24) is 34.8 Å². The number of hydrogen-bond donors (Lipinski definition) is 3. The van der Waals surface area contributed by atoms with Gasteiger partial charge in [0.05, 0.1) is 12.7 Å². The highest BCUT2D eigenvalue weighted by atomic mass is 35.5. The second kappa shape index (κ2) is 15.4. The zero-order valence-electron chi connectivity index (χ0n) is 29.5. The molecule has 2 aromatic carbocycles. The molecule has 0 aliphatic carbocycles. The summed E-state index contributed by atoms with van der Waals surface area (Å²) >= 11 is 6.66. The standard InChI is InChI=1S/C37H40ClF3N8O5/c1-46-19-27(26-18-42-45-34(26)36(46)53)24-16-29(38)28(31(17-24)54-37(39,40)41)20-48-12-14-49(15-13-48)33(51)21-47-10-8-23(9-11-47)22-2-4-25(5-3-22)43-30-6-7-32(50)44-35(30)52/h2-5,16-19,23,30,43H,6-15,20-21H2,1H3,(H,42,45)(H,44,50,52). The van der Waals surface area contributed by atoms with E-state index in [1.54, 1.807) is 11.0 Å². The summed E-state index contributed by atoms with van der Waals surface area (Å²) in [6.07, 6.45) is 0.569. The second-order valence-electron chi connectivity index (χ2n) is 14.1. The van der Waals surface area contributed by atoms with Gasteiger partial charge >= 0.3 is 6.36 Å². The first-order chi connectivity index (χ1) is 25.8. The maximum atomic E-state index is 13.6. The monoisotopic (exact) mass is 768 g/mol. The minimum Gasteiger partial charge on any atom is -0.405 e.